The topological polar surface area (TPSA) is 32.3 Å². The van der Waals surface area contributed by atoms with E-state index >= 15 is 0 Å². The summed E-state index contributed by atoms with van der Waals surface area (Å²) < 4.78 is 0. The summed E-state index contributed by atoms with van der Waals surface area (Å²) in [6.07, 6.45) is 11.9. The van der Waals surface area contributed by atoms with Gasteiger partial charge in [-0.05, 0) is 56.9 Å². The molecule has 0 aromatic carbocycles. The molecular formula is C15H29NO. The molecule has 0 unspecified atom stereocenters. The fourth-order valence-corrected chi connectivity index (χ4v) is 3.46. The lowest BCUT2D eigenvalue weighted by atomic mass is 9.77. The summed E-state index contributed by atoms with van der Waals surface area (Å²) in [7, 11) is 0. The highest BCUT2D eigenvalue weighted by molar-refractivity contribution is 4.92. The first-order valence-corrected chi connectivity index (χ1v) is 7.60. The highest BCUT2D eigenvalue weighted by atomic mass is 16.3. The van der Waals surface area contributed by atoms with E-state index in [1.807, 2.05) is 0 Å². The Bertz CT molecular complexity index is 215. The fraction of sp³-hybridized carbons (Fsp3) is 1.00. The molecule has 0 radical (unpaired) electrons. The molecule has 0 heterocycles. The Hall–Kier alpha value is -0.0800. The fourth-order valence-electron chi connectivity index (χ4n) is 3.46. The van der Waals surface area contributed by atoms with Crippen LogP contribution in [0.5, 0.6) is 0 Å². The summed E-state index contributed by atoms with van der Waals surface area (Å²) >= 11 is 0. The Labute approximate surface area is 106 Å². The van der Waals surface area contributed by atoms with Crippen LogP contribution < -0.4 is 5.32 Å². The molecule has 0 amide bonds. The van der Waals surface area contributed by atoms with Crippen LogP contribution in [-0.2, 0) is 0 Å². The summed E-state index contributed by atoms with van der Waals surface area (Å²) in [6, 6.07) is 0. The molecule has 2 nitrogen and oxygen atoms in total. The van der Waals surface area contributed by atoms with Crippen molar-refractivity contribution in [1.82, 2.24) is 5.32 Å². The summed E-state index contributed by atoms with van der Waals surface area (Å²) in [5, 5.41) is 13.4. The smallest absolute Gasteiger partial charge is 0.0613 e. The number of rotatable bonds is 4. The van der Waals surface area contributed by atoms with Crippen molar-refractivity contribution in [1.29, 1.82) is 0 Å². The Morgan fingerprint density at radius 3 is 2.29 bits per heavy atom. The maximum atomic E-state index is 9.69. The Morgan fingerprint density at radius 2 is 1.71 bits per heavy atom. The lowest BCUT2D eigenvalue weighted by Gasteiger charge is -2.40. The van der Waals surface area contributed by atoms with Crippen LogP contribution in [0.15, 0.2) is 0 Å². The molecule has 2 fully saturated rings. The molecule has 0 bridgehead atoms. The van der Waals surface area contributed by atoms with E-state index in [4.69, 9.17) is 0 Å². The molecule has 2 aliphatic rings. The van der Waals surface area contributed by atoms with Crippen LogP contribution in [0.2, 0.25) is 0 Å². The van der Waals surface area contributed by atoms with Crippen LogP contribution in [0.1, 0.15) is 64.7 Å². The third-order valence-corrected chi connectivity index (χ3v) is 5.02. The van der Waals surface area contributed by atoms with Gasteiger partial charge in [-0.25, -0.2) is 0 Å². The van der Waals surface area contributed by atoms with Gasteiger partial charge in [-0.15, -0.1) is 0 Å². The molecule has 17 heavy (non-hydrogen) atoms. The molecule has 2 aliphatic carbocycles. The van der Waals surface area contributed by atoms with Crippen molar-refractivity contribution in [3.63, 3.8) is 0 Å². The molecule has 0 atom stereocenters. The molecule has 2 rings (SSSR count). The minimum atomic E-state index is 0.0595. The van der Waals surface area contributed by atoms with Gasteiger partial charge in [0.2, 0.25) is 0 Å². The number of hydrogen-bond donors (Lipinski definition) is 2. The SMILES string of the molecule is CC1CCC(CO)(NCC2CCCCC2)CC1. The van der Waals surface area contributed by atoms with Crippen LogP contribution in [0.4, 0.5) is 0 Å². The molecule has 0 aromatic heterocycles. The highest BCUT2D eigenvalue weighted by Crippen LogP contribution is 2.32. The average Bonchev–Trinajstić information content (AvgIpc) is 2.40. The molecule has 100 valence electrons. The second kappa shape index (κ2) is 6.19. The van der Waals surface area contributed by atoms with Crippen LogP contribution in [0.3, 0.4) is 0 Å². The van der Waals surface area contributed by atoms with Gasteiger partial charge in [0.1, 0.15) is 0 Å². The van der Waals surface area contributed by atoms with Gasteiger partial charge in [-0.2, -0.15) is 0 Å². The second-order valence-electron chi connectivity index (χ2n) is 6.51. The van der Waals surface area contributed by atoms with Crippen LogP contribution >= 0.6 is 0 Å². The van der Waals surface area contributed by atoms with Crippen molar-refractivity contribution in [2.45, 2.75) is 70.3 Å². The van der Waals surface area contributed by atoms with Gasteiger partial charge in [-0.1, -0.05) is 26.2 Å². The van der Waals surface area contributed by atoms with Gasteiger partial charge in [0.05, 0.1) is 6.61 Å². The van der Waals surface area contributed by atoms with E-state index < -0.39 is 0 Å². The zero-order valence-corrected chi connectivity index (χ0v) is 11.4. The van der Waals surface area contributed by atoms with Crippen molar-refractivity contribution in [2.24, 2.45) is 11.8 Å². The summed E-state index contributed by atoms with van der Waals surface area (Å²) in [5.74, 6) is 1.72. The summed E-state index contributed by atoms with van der Waals surface area (Å²) in [4.78, 5) is 0. The van der Waals surface area contributed by atoms with Crippen molar-refractivity contribution >= 4 is 0 Å². The lowest BCUT2D eigenvalue weighted by molar-refractivity contribution is 0.0988. The molecule has 2 heteroatoms. The van der Waals surface area contributed by atoms with Crippen molar-refractivity contribution in [3.8, 4) is 0 Å². The van der Waals surface area contributed by atoms with E-state index in [0.717, 1.165) is 31.2 Å². The molecule has 2 N–H and O–H groups in total. The van der Waals surface area contributed by atoms with Gasteiger partial charge < -0.3 is 10.4 Å². The van der Waals surface area contributed by atoms with E-state index in [9.17, 15) is 5.11 Å². The quantitative estimate of drug-likeness (QED) is 0.790. The molecule has 0 saturated heterocycles. The van der Waals surface area contributed by atoms with Gasteiger partial charge in [0.15, 0.2) is 0 Å². The van der Waals surface area contributed by atoms with Gasteiger partial charge >= 0.3 is 0 Å². The first-order valence-electron chi connectivity index (χ1n) is 7.60. The predicted molar refractivity (Wildman–Crippen MR) is 72.0 cm³/mol. The van der Waals surface area contributed by atoms with Crippen LogP contribution in [0, 0.1) is 11.8 Å². The molecular weight excluding hydrogens is 210 g/mol. The zero-order valence-electron chi connectivity index (χ0n) is 11.4. The van der Waals surface area contributed by atoms with Gasteiger partial charge in [0, 0.05) is 5.54 Å². The summed E-state index contributed by atoms with van der Waals surface area (Å²) in [5.41, 5.74) is 0.0595. The number of hydrogen-bond acceptors (Lipinski definition) is 2. The Kier molecular flexibility index (Phi) is 4.87. The second-order valence-corrected chi connectivity index (χ2v) is 6.51. The van der Waals surface area contributed by atoms with Crippen LogP contribution in [0.25, 0.3) is 0 Å². The predicted octanol–water partition coefficient (Wildman–Crippen LogP) is 3.10. The van der Waals surface area contributed by atoms with Crippen molar-refractivity contribution < 1.29 is 5.11 Å². The third kappa shape index (κ3) is 3.69. The highest BCUT2D eigenvalue weighted by Gasteiger charge is 2.33. The molecule has 0 spiro atoms. The minimum Gasteiger partial charge on any atom is -0.394 e. The van der Waals surface area contributed by atoms with Crippen molar-refractivity contribution in [3.05, 3.63) is 0 Å². The molecule has 2 saturated carbocycles. The summed E-state index contributed by atoms with van der Waals surface area (Å²) in [6.45, 7) is 3.80. The van der Waals surface area contributed by atoms with Gasteiger partial charge in [-0.3, -0.25) is 0 Å². The Balaban J connectivity index is 1.78. The first-order chi connectivity index (χ1) is 8.24. The van der Waals surface area contributed by atoms with Crippen LogP contribution in [-0.4, -0.2) is 23.8 Å². The number of nitrogens with one attached hydrogen (secondary N) is 1. The van der Waals surface area contributed by atoms with E-state index in [-0.39, 0.29) is 5.54 Å². The van der Waals surface area contributed by atoms with E-state index in [2.05, 4.69) is 12.2 Å². The normalized spacial score (nSPS) is 36.0. The first kappa shape index (κ1) is 13.4. The number of aliphatic hydroxyl groups is 1. The van der Waals surface area contributed by atoms with E-state index in [1.54, 1.807) is 0 Å². The number of aliphatic hydroxyl groups excluding tert-OH is 1. The maximum Gasteiger partial charge on any atom is 0.0613 e. The monoisotopic (exact) mass is 239 g/mol. The Morgan fingerprint density at radius 1 is 1.06 bits per heavy atom. The van der Waals surface area contributed by atoms with Crippen molar-refractivity contribution in [2.75, 3.05) is 13.2 Å². The average molecular weight is 239 g/mol. The minimum absolute atomic E-state index is 0.0595. The third-order valence-electron chi connectivity index (χ3n) is 5.02. The standard InChI is InChI=1S/C15H29NO/c1-13-7-9-15(12-17,10-8-13)16-11-14-5-3-2-4-6-14/h13-14,16-17H,2-12H2,1H3. The molecule has 0 aromatic rings. The maximum absolute atomic E-state index is 9.69. The largest absolute Gasteiger partial charge is 0.394 e. The van der Waals surface area contributed by atoms with Gasteiger partial charge in [0.25, 0.3) is 0 Å². The van der Waals surface area contributed by atoms with E-state index in [0.29, 0.717) is 6.61 Å². The zero-order chi connectivity index (χ0) is 12.1. The lowest BCUT2D eigenvalue weighted by Crippen LogP contribution is -2.52. The molecule has 0 aliphatic heterocycles. The van der Waals surface area contributed by atoms with E-state index in [1.165, 1.54) is 44.9 Å².